The van der Waals surface area contributed by atoms with Crippen LogP contribution in [0.5, 0.6) is 5.75 Å². The quantitative estimate of drug-likeness (QED) is 0.326. The number of ether oxygens (including phenoxy) is 1. The van der Waals surface area contributed by atoms with Crippen LogP contribution in [-0.4, -0.2) is 33.2 Å². The number of hydrogen-bond donors (Lipinski definition) is 2. The normalized spacial score (nSPS) is 10.8. The molecule has 32 heavy (non-hydrogen) atoms. The number of H-pyrrole nitrogens is 1. The van der Waals surface area contributed by atoms with E-state index in [1.165, 1.54) is 23.1 Å². The molecule has 4 aromatic rings. The molecule has 0 aliphatic rings. The summed E-state index contributed by atoms with van der Waals surface area (Å²) in [7, 11) is 1.60. The van der Waals surface area contributed by atoms with Gasteiger partial charge in [0.25, 0.3) is 0 Å². The summed E-state index contributed by atoms with van der Waals surface area (Å²) in [5, 5.41) is 14.0. The van der Waals surface area contributed by atoms with Gasteiger partial charge in [-0.2, -0.15) is 0 Å². The summed E-state index contributed by atoms with van der Waals surface area (Å²) in [6, 6.07) is 13.0. The number of hydrogen-bond acceptors (Lipinski definition) is 7. The molecule has 0 spiro atoms. The van der Waals surface area contributed by atoms with Crippen LogP contribution in [0.4, 0.5) is 5.69 Å². The van der Waals surface area contributed by atoms with Crippen LogP contribution in [0, 0.1) is 6.92 Å². The molecule has 0 atom stereocenters. The van der Waals surface area contributed by atoms with Gasteiger partial charge in [0.05, 0.1) is 24.8 Å². The minimum absolute atomic E-state index is 0.0866. The van der Waals surface area contributed by atoms with Crippen molar-refractivity contribution in [3.63, 3.8) is 0 Å². The van der Waals surface area contributed by atoms with E-state index in [1.807, 2.05) is 36.6 Å². The number of nitrogens with zero attached hydrogens (tertiary/aromatic N) is 3. The number of carbonyl (C=O) groups excluding carboxylic acids is 1. The van der Waals surface area contributed by atoms with E-state index in [4.69, 9.17) is 16.3 Å². The Labute approximate surface area is 198 Å². The average Bonchev–Trinajstić information content (AvgIpc) is 3.43. The molecule has 0 saturated carbocycles. The fourth-order valence-electron chi connectivity index (χ4n) is 2.91. The molecule has 0 bridgehead atoms. The number of aromatic nitrogens is 4. The summed E-state index contributed by atoms with van der Waals surface area (Å²) in [5.74, 6) is 1.75. The van der Waals surface area contributed by atoms with Crippen LogP contribution in [0.2, 0.25) is 5.02 Å². The van der Waals surface area contributed by atoms with Gasteiger partial charge in [0, 0.05) is 21.8 Å². The molecule has 164 valence electrons. The maximum atomic E-state index is 12.3. The Bertz CT molecular complexity index is 1220. The SMILES string of the molecule is COc1ccc(Cl)cc1-c1nc(SCc2csc(CC(=O)Nc3ccc(C)cc3)n2)n[nH]1. The summed E-state index contributed by atoms with van der Waals surface area (Å²) in [5.41, 5.74) is 3.56. The predicted molar refractivity (Wildman–Crippen MR) is 129 cm³/mol. The van der Waals surface area contributed by atoms with Crippen molar-refractivity contribution in [1.29, 1.82) is 0 Å². The zero-order chi connectivity index (χ0) is 22.5. The Balaban J connectivity index is 1.33. The maximum Gasteiger partial charge on any atom is 0.231 e. The minimum Gasteiger partial charge on any atom is -0.496 e. The lowest BCUT2D eigenvalue weighted by atomic mass is 10.2. The Hall–Kier alpha value is -2.88. The number of methoxy groups -OCH3 is 1. The third-order valence-corrected chi connectivity index (χ3v) is 6.49. The van der Waals surface area contributed by atoms with Gasteiger partial charge in [0.15, 0.2) is 5.82 Å². The topological polar surface area (TPSA) is 92.8 Å². The Kier molecular flexibility index (Phi) is 7.09. The van der Waals surface area contributed by atoms with E-state index in [-0.39, 0.29) is 12.3 Å². The van der Waals surface area contributed by atoms with Crippen molar-refractivity contribution in [3.8, 4) is 17.1 Å². The maximum absolute atomic E-state index is 12.3. The number of benzene rings is 2. The summed E-state index contributed by atoms with van der Waals surface area (Å²) < 4.78 is 5.38. The van der Waals surface area contributed by atoms with Crippen molar-refractivity contribution in [2.45, 2.75) is 24.3 Å². The summed E-state index contributed by atoms with van der Waals surface area (Å²) in [4.78, 5) is 21.4. The number of thiazole rings is 1. The number of amides is 1. The first-order chi connectivity index (χ1) is 15.5. The van der Waals surface area contributed by atoms with Crippen LogP contribution >= 0.6 is 34.7 Å². The van der Waals surface area contributed by atoms with Crippen molar-refractivity contribution in [1.82, 2.24) is 20.2 Å². The van der Waals surface area contributed by atoms with Crippen LogP contribution in [0.1, 0.15) is 16.3 Å². The molecule has 2 heterocycles. The number of rotatable bonds is 8. The third-order valence-electron chi connectivity index (χ3n) is 4.48. The van der Waals surface area contributed by atoms with E-state index in [2.05, 4.69) is 25.5 Å². The standard InChI is InChI=1S/C22H20ClN5O2S2/c1-13-3-6-15(7-4-13)24-19(29)10-20-25-16(11-31-20)12-32-22-26-21(27-28-22)17-9-14(23)5-8-18(17)30-2/h3-9,11H,10,12H2,1-2H3,(H,24,29)(H,26,27,28). The minimum atomic E-state index is -0.0866. The van der Waals surface area contributed by atoms with Crippen LogP contribution < -0.4 is 10.1 Å². The molecular weight excluding hydrogens is 466 g/mol. The van der Waals surface area contributed by atoms with Gasteiger partial charge in [-0.3, -0.25) is 9.89 Å². The molecule has 0 fully saturated rings. The van der Waals surface area contributed by atoms with E-state index in [9.17, 15) is 4.79 Å². The molecule has 2 aromatic heterocycles. The summed E-state index contributed by atoms with van der Waals surface area (Å²) in [6.07, 6.45) is 0.239. The second-order valence-electron chi connectivity index (χ2n) is 6.92. The molecule has 1 amide bonds. The number of aryl methyl sites for hydroxylation is 1. The molecule has 0 aliphatic carbocycles. The van der Waals surface area contributed by atoms with E-state index in [1.54, 1.807) is 25.3 Å². The zero-order valence-corrected chi connectivity index (χ0v) is 19.8. The average molecular weight is 486 g/mol. The lowest BCUT2D eigenvalue weighted by Crippen LogP contribution is -2.14. The highest BCUT2D eigenvalue weighted by Crippen LogP contribution is 2.31. The van der Waals surface area contributed by atoms with Gasteiger partial charge in [-0.05, 0) is 37.3 Å². The Morgan fingerprint density at radius 2 is 2.03 bits per heavy atom. The lowest BCUT2D eigenvalue weighted by Gasteiger charge is -2.05. The fraction of sp³-hybridized carbons (Fsp3) is 0.182. The summed E-state index contributed by atoms with van der Waals surface area (Å²) >= 11 is 9.03. The van der Waals surface area contributed by atoms with Gasteiger partial charge in [-0.15, -0.1) is 16.4 Å². The van der Waals surface area contributed by atoms with E-state index in [0.717, 1.165) is 27.5 Å². The van der Waals surface area contributed by atoms with E-state index < -0.39 is 0 Å². The number of thioether (sulfide) groups is 1. The molecule has 2 aromatic carbocycles. The lowest BCUT2D eigenvalue weighted by molar-refractivity contribution is -0.115. The van der Waals surface area contributed by atoms with Crippen molar-refractivity contribution < 1.29 is 9.53 Å². The van der Waals surface area contributed by atoms with Crippen molar-refractivity contribution in [3.05, 3.63) is 69.1 Å². The van der Waals surface area contributed by atoms with Gasteiger partial charge in [0.2, 0.25) is 11.1 Å². The first kappa shape index (κ1) is 22.3. The summed E-state index contributed by atoms with van der Waals surface area (Å²) in [6.45, 7) is 2.01. The number of nitrogens with one attached hydrogen (secondary N) is 2. The number of halogens is 1. The fourth-order valence-corrected chi connectivity index (χ4v) is 4.67. The third kappa shape index (κ3) is 5.67. The first-order valence-electron chi connectivity index (χ1n) is 9.69. The Morgan fingerprint density at radius 1 is 1.22 bits per heavy atom. The van der Waals surface area contributed by atoms with Gasteiger partial charge >= 0.3 is 0 Å². The van der Waals surface area contributed by atoms with E-state index in [0.29, 0.717) is 27.5 Å². The van der Waals surface area contributed by atoms with E-state index >= 15 is 0 Å². The smallest absolute Gasteiger partial charge is 0.231 e. The molecule has 0 aliphatic heterocycles. The highest BCUT2D eigenvalue weighted by molar-refractivity contribution is 7.98. The largest absolute Gasteiger partial charge is 0.496 e. The molecule has 10 heteroatoms. The number of anilines is 1. The highest BCUT2D eigenvalue weighted by atomic mass is 35.5. The molecule has 7 nitrogen and oxygen atoms in total. The van der Waals surface area contributed by atoms with Crippen LogP contribution in [0.3, 0.4) is 0 Å². The number of carbonyl (C=O) groups is 1. The van der Waals surface area contributed by atoms with Gasteiger partial charge < -0.3 is 10.1 Å². The molecule has 2 N–H and O–H groups in total. The second-order valence-corrected chi connectivity index (χ2v) is 9.25. The highest BCUT2D eigenvalue weighted by Gasteiger charge is 2.13. The van der Waals surface area contributed by atoms with Gasteiger partial charge in [-0.1, -0.05) is 41.1 Å². The van der Waals surface area contributed by atoms with Crippen LogP contribution in [-0.2, 0) is 17.0 Å². The molecule has 0 radical (unpaired) electrons. The molecule has 0 unspecified atom stereocenters. The predicted octanol–water partition coefficient (Wildman–Crippen LogP) is 5.37. The van der Waals surface area contributed by atoms with Crippen LogP contribution in [0.15, 0.2) is 53.0 Å². The number of aromatic amines is 1. The van der Waals surface area contributed by atoms with Gasteiger partial charge in [0.1, 0.15) is 10.8 Å². The molecule has 4 rings (SSSR count). The van der Waals surface area contributed by atoms with Gasteiger partial charge in [-0.25, -0.2) is 9.97 Å². The monoisotopic (exact) mass is 485 g/mol. The second kappa shape index (κ2) is 10.2. The first-order valence-corrected chi connectivity index (χ1v) is 11.9. The van der Waals surface area contributed by atoms with Crippen molar-refractivity contribution >= 4 is 46.3 Å². The zero-order valence-electron chi connectivity index (χ0n) is 17.4. The molecular formula is C22H20ClN5O2S2. The molecule has 0 saturated heterocycles. The van der Waals surface area contributed by atoms with Crippen molar-refractivity contribution in [2.75, 3.05) is 12.4 Å². The van der Waals surface area contributed by atoms with Crippen molar-refractivity contribution in [2.24, 2.45) is 0 Å². The Morgan fingerprint density at radius 3 is 2.81 bits per heavy atom. The van der Waals surface area contributed by atoms with Crippen LogP contribution in [0.25, 0.3) is 11.4 Å².